The number of nitrogens with zero attached hydrogens (tertiary/aromatic N) is 2. The van der Waals surface area contributed by atoms with Gasteiger partial charge in [0, 0.05) is 12.3 Å². The lowest BCUT2D eigenvalue weighted by molar-refractivity contribution is -0.120. The summed E-state index contributed by atoms with van der Waals surface area (Å²) in [7, 11) is 0. The summed E-state index contributed by atoms with van der Waals surface area (Å²) < 4.78 is 0. The van der Waals surface area contributed by atoms with Gasteiger partial charge in [-0.15, -0.1) is 12.4 Å². The number of anilines is 1. The summed E-state index contributed by atoms with van der Waals surface area (Å²) in [6.45, 7) is 3.84. The largest absolute Gasteiger partial charge is 0.323 e. The molecule has 1 aliphatic heterocycles. The molecule has 1 aromatic rings. The van der Waals surface area contributed by atoms with Gasteiger partial charge in [0.25, 0.3) is 0 Å². The maximum absolute atomic E-state index is 11.9. The molecule has 5 nitrogen and oxygen atoms in total. The van der Waals surface area contributed by atoms with Crippen molar-refractivity contribution < 1.29 is 4.79 Å². The van der Waals surface area contributed by atoms with E-state index in [1.807, 2.05) is 6.92 Å². The second-order valence-electron chi connectivity index (χ2n) is 4.26. The van der Waals surface area contributed by atoms with E-state index in [0.29, 0.717) is 5.69 Å². The molecular weight excluding hydrogens is 252 g/mol. The molecule has 6 heteroatoms. The topological polar surface area (TPSA) is 66.9 Å². The molecule has 0 radical (unpaired) electrons. The molecular formula is C12H19ClN4O. The number of amides is 1. The zero-order valence-electron chi connectivity index (χ0n) is 10.5. The van der Waals surface area contributed by atoms with Crippen LogP contribution in [0, 0.1) is 5.92 Å². The lowest BCUT2D eigenvalue weighted by Gasteiger charge is -2.21. The first kappa shape index (κ1) is 14.9. The van der Waals surface area contributed by atoms with Gasteiger partial charge in [0.05, 0.1) is 18.1 Å². The molecule has 0 spiro atoms. The number of aromatic nitrogens is 2. The second kappa shape index (κ2) is 7.28. The molecule has 0 aliphatic carbocycles. The molecule has 1 amide bonds. The quantitative estimate of drug-likeness (QED) is 0.871. The third kappa shape index (κ3) is 3.92. The van der Waals surface area contributed by atoms with Crippen LogP contribution in [0.2, 0.25) is 0 Å². The summed E-state index contributed by atoms with van der Waals surface area (Å²) in [5.74, 6) is 0.992. The van der Waals surface area contributed by atoms with Crippen molar-refractivity contribution >= 4 is 24.0 Å². The van der Waals surface area contributed by atoms with Crippen molar-refractivity contribution in [2.45, 2.75) is 26.2 Å². The smallest absolute Gasteiger partial charge is 0.227 e. The number of halogens is 1. The zero-order chi connectivity index (χ0) is 12.1. The maximum atomic E-state index is 11.9. The summed E-state index contributed by atoms with van der Waals surface area (Å²) in [6.07, 6.45) is 5.96. The fourth-order valence-corrected chi connectivity index (χ4v) is 1.93. The Morgan fingerprint density at radius 1 is 1.39 bits per heavy atom. The molecule has 1 aliphatic rings. The summed E-state index contributed by atoms with van der Waals surface area (Å²) in [5.41, 5.74) is 0.686. The van der Waals surface area contributed by atoms with Gasteiger partial charge in [0.15, 0.2) is 0 Å². The van der Waals surface area contributed by atoms with Gasteiger partial charge >= 0.3 is 0 Å². The standard InChI is InChI=1S/C12H18N4O.ClH/c1-2-11-14-7-10(8-15-11)16-12(17)9-3-5-13-6-4-9;/h7-9,13H,2-6H2,1H3,(H,16,17);1H. The Kier molecular flexibility index (Phi) is 6.01. The van der Waals surface area contributed by atoms with Crippen molar-refractivity contribution in [2.24, 2.45) is 5.92 Å². The van der Waals surface area contributed by atoms with Crippen molar-refractivity contribution in [3.05, 3.63) is 18.2 Å². The van der Waals surface area contributed by atoms with Gasteiger partial charge in [-0.1, -0.05) is 6.92 Å². The molecule has 0 atom stereocenters. The number of aryl methyl sites for hydroxylation is 1. The SMILES string of the molecule is CCc1ncc(NC(=O)C2CCNCC2)cn1.Cl. The van der Waals surface area contributed by atoms with E-state index in [4.69, 9.17) is 0 Å². The predicted octanol–water partition coefficient (Wildman–Crippen LogP) is 1.40. The van der Waals surface area contributed by atoms with Crippen molar-refractivity contribution in [1.29, 1.82) is 0 Å². The molecule has 0 saturated carbocycles. The van der Waals surface area contributed by atoms with Gasteiger partial charge in [-0.2, -0.15) is 0 Å². The summed E-state index contributed by atoms with van der Waals surface area (Å²) >= 11 is 0. The molecule has 0 unspecified atom stereocenters. The van der Waals surface area contributed by atoms with Crippen molar-refractivity contribution in [1.82, 2.24) is 15.3 Å². The van der Waals surface area contributed by atoms with Crippen LogP contribution >= 0.6 is 12.4 Å². The number of rotatable bonds is 3. The minimum Gasteiger partial charge on any atom is -0.323 e. The van der Waals surface area contributed by atoms with Gasteiger partial charge in [-0.05, 0) is 25.9 Å². The van der Waals surface area contributed by atoms with Crippen LogP contribution in [0.4, 0.5) is 5.69 Å². The van der Waals surface area contributed by atoms with Gasteiger partial charge in [-0.3, -0.25) is 4.79 Å². The van der Waals surface area contributed by atoms with E-state index in [2.05, 4.69) is 20.6 Å². The molecule has 1 fully saturated rings. The third-order valence-electron chi connectivity index (χ3n) is 3.00. The molecule has 100 valence electrons. The summed E-state index contributed by atoms with van der Waals surface area (Å²) in [5, 5.41) is 6.12. The van der Waals surface area contributed by atoms with Gasteiger partial charge in [0.2, 0.25) is 5.91 Å². The first-order valence-corrected chi connectivity index (χ1v) is 6.12. The Balaban J connectivity index is 0.00000162. The number of hydrogen-bond donors (Lipinski definition) is 2. The minimum absolute atomic E-state index is 0. The van der Waals surface area contributed by atoms with Gasteiger partial charge in [0.1, 0.15) is 5.82 Å². The van der Waals surface area contributed by atoms with Gasteiger partial charge < -0.3 is 10.6 Å². The monoisotopic (exact) mass is 270 g/mol. The highest BCUT2D eigenvalue weighted by Crippen LogP contribution is 2.14. The van der Waals surface area contributed by atoms with Crippen molar-refractivity contribution in [3.63, 3.8) is 0 Å². The van der Waals surface area contributed by atoms with E-state index < -0.39 is 0 Å². The first-order chi connectivity index (χ1) is 8.29. The van der Waals surface area contributed by atoms with Crippen LogP contribution in [0.25, 0.3) is 0 Å². The number of piperidine rings is 1. The van der Waals surface area contributed by atoms with Crippen LogP contribution in [0.3, 0.4) is 0 Å². The Morgan fingerprint density at radius 2 is 2.00 bits per heavy atom. The molecule has 2 rings (SSSR count). The van der Waals surface area contributed by atoms with Crippen LogP contribution in [0.5, 0.6) is 0 Å². The normalized spacial score (nSPS) is 15.8. The van der Waals surface area contributed by atoms with E-state index >= 15 is 0 Å². The molecule has 1 aromatic heterocycles. The van der Waals surface area contributed by atoms with Gasteiger partial charge in [-0.25, -0.2) is 9.97 Å². The predicted molar refractivity (Wildman–Crippen MR) is 72.9 cm³/mol. The zero-order valence-corrected chi connectivity index (χ0v) is 11.3. The number of carbonyl (C=O) groups excluding carboxylic acids is 1. The molecule has 0 bridgehead atoms. The van der Waals surface area contributed by atoms with Crippen molar-refractivity contribution in [3.8, 4) is 0 Å². The van der Waals surface area contributed by atoms with E-state index in [9.17, 15) is 4.79 Å². The van der Waals surface area contributed by atoms with E-state index in [0.717, 1.165) is 38.2 Å². The highest BCUT2D eigenvalue weighted by Gasteiger charge is 2.20. The third-order valence-corrected chi connectivity index (χ3v) is 3.00. The minimum atomic E-state index is 0. The fourth-order valence-electron chi connectivity index (χ4n) is 1.93. The highest BCUT2D eigenvalue weighted by atomic mass is 35.5. The van der Waals surface area contributed by atoms with E-state index in [-0.39, 0.29) is 24.2 Å². The lowest BCUT2D eigenvalue weighted by Crippen LogP contribution is -2.34. The number of carbonyl (C=O) groups is 1. The summed E-state index contributed by atoms with van der Waals surface area (Å²) in [4.78, 5) is 20.2. The Morgan fingerprint density at radius 3 is 2.56 bits per heavy atom. The molecule has 2 N–H and O–H groups in total. The first-order valence-electron chi connectivity index (χ1n) is 6.12. The Bertz CT molecular complexity index is 376. The fraction of sp³-hybridized carbons (Fsp3) is 0.583. The van der Waals surface area contributed by atoms with Crippen LogP contribution in [-0.2, 0) is 11.2 Å². The number of hydrogen-bond acceptors (Lipinski definition) is 4. The Hall–Kier alpha value is -1.20. The lowest BCUT2D eigenvalue weighted by atomic mass is 9.97. The van der Waals surface area contributed by atoms with Crippen molar-refractivity contribution in [2.75, 3.05) is 18.4 Å². The van der Waals surface area contributed by atoms with Crippen LogP contribution in [0.15, 0.2) is 12.4 Å². The highest BCUT2D eigenvalue weighted by molar-refractivity contribution is 5.92. The second-order valence-corrected chi connectivity index (χ2v) is 4.26. The van der Waals surface area contributed by atoms with Crippen LogP contribution < -0.4 is 10.6 Å². The van der Waals surface area contributed by atoms with Crippen LogP contribution in [0.1, 0.15) is 25.6 Å². The molecule has 18 heavy (non-hydrogen) atoms. The average Bonchev–Trinajstić information content (AvgIpc) is 2.40. The van der Waals surface area contributed by atoms with E-state index in [1.165, 1.54) is 0 Å². The van der Waals surface area contributed by atoms with Crippen LogP contribution in [-0.4, -0.2) is 29.0 Å². The molecule has 0 aromatic carbocycles. The van der Waals surface area contributed by atoms with E-state index in [1.54, 1.807) is 12.4 Å². The average molecular weight is 271 g/mol. The molecule has 2 heterocycles. The maximum Gasteiger partial charge on any atom is 0.227 e. The summed E-state index contributed by atoms with van der Waals surface area (Å²) in [6, 6.07) is 0. The Labute approximate surface area is 113 Å². The number of nitrogens with one attached hydrogen (secondary N) is 2. The molecule has 1 saturated heterocycles.